The minimum Gasteiger partial charge on any atom is -0.459 e. The number of aliphatic hydroxyl groups is 1. The van der Waals surface area contributed by atoms with Crippen LogP contribution in [0.15, 0.2) is 12.2 Å². The van der Waals surface area contributed by atoms with Gasteiger partial charge in [0.2, 0.25) is 0 Å². The summed E-state index contributed by atoms with van der Waals surface area (Å²) in [5.41, 5.74) is -0.803. The zero-order chi connectivity index (χ0) is 22.4. The van der Waals surface area contributed by atoms with Gasteiger partial charge in [-0.3, -0.25) is 9.59 Å². The van der Waals surface area contributed by atoms with Crippen molar-refractivity contribution in [3.8, 4) is 0 Å². The molecule has 0 spiro atoms. The predicted octanol–water partition coefficient (Wildman–Crippen LogP) is 3.80. The summed E-state index contributed by atoms with van der Waals surface area (Å²) in [6, 6.07) is 0. The largest absolute Gasteiger partial charge is 0.459 e. The molecule has 3 fully saturated rings. The number of carbonyl (C=O) groups excluding carboxylic acids is 2. The number of hydrogen-bond acceptors (Lipinski definition) is 6. The van der Waals surface area contributed by atoms with Gasteiger partial charge in [0.25, 0.3) is 0 Å². The Morgan fingerprint density at radius 3 is 2.23 bits per heavy atom. The highest BCUT2D eigenvalue weighted by Crippen LogP contribution is 2.58. The summed E-state index contributed by atoms with van der Waals surface area (Å²) in [5, 5.41) is 10.6. The first kappa shape index (κ1) is 23.3. The van der Waals surface area contributed by atoms with E-state index < -0.39 is 17.3 Å². The van der Waals surface area contributed by atoms with Crippen molar-refractivity contribution in [2.24, 2.45) is 23.7 Å². The summed E-state index contributed by atoms with van der Waals surface area (Å²) in [7, 11) is 0. The van der Waals surface area contributed by atoms with Crippen molar-refractivity contribution < 1.29 is 28.9 Å². The van der Waals surface area contributed by atoms with Crippen molar-refractivity contribution in [3.63, 3.8) is 0 Å². The Labute approximate surface area is 180 Å². The Morgan fingerprint density at radius 1 is 1.10 bits per heavy atom. The van der Waals surface area contributed by atoms with Crippen molar-refractivity contribution in [2.75, 3.05) is 0 Å². The summed E-state index contributed by atoms with van der Waals surface area (Å²) < 4.78 is 18.5. The second-order valence-corrected chi connectivity index (χ2v) is 10.4. The summed E-state index contributed by atoms with van der Waals surface area (Å²) in [4.78, 5) is 24.0. The molecule has 0 aromatic rings. The highest BCUT2D eigenvalue weighted by Gasteiger charge is 2.64. The van der Waals surface area contributed by atoms with Crippen LogP contribution in [0.25, 0.3) is 0 Å². The van der Waals surface area contributed by atoms with E-state index in [0.717, 1.165) is 18.4 Å². The third kappa shape index (κ3) is 4.18. The number of ether oxygens (including phenoxy) is 3. The standard InChI is InChI=1S/C24H38O6/c1-13(2)17-8-10-23(6,29-15(4)25)21-19-12-14(3)18(27)9-11-24(7,30-16(5)26)22(28-19)20(17)21/h13,17-22,27H,3,8-12H2,1-2,4-7H3/t17-,18+,19-,20-,21-,22-,23?,24?/m1/s1. The molecule has 2 aliphatic heterocycles. The van der Waals surface area contributed by atoms with Gasteiger partial charge >= 0.3 is 11.9 Å². The SMILES string of the molecule is C=C1C[C@H]2O[C@H]([C@H]3[C@@H]2C(C)(OC(C)=O)CC[C@@H]3C(C)C)C(C)(OC(C)=O)CC[C@@H]1O. The molecule has 1 aliphatic carbocycles. The van der Waals surface area contributed by atoms with Gasteiger partial charge in [0, 0.05) is 25.7 Å². The molecule has 6 nitrogen and oxygen atoms in total. The molecule has 2 unspecified atom stereocenters. The lowest BCUT2D eigenvalue weighted by molar-refractivity contribution is -0.181. The monoisotopic (exact) mass is 422 g/mol. The van der Waals surface area contributed by atoms with Crippen molar-refractivity contribution in [1.82, 2.24) is 0 Å². The van der Waals surface area contributed by atoms with E-state index in [9.17, 15) is 14.7 Å². The lowest BCUT2D eigenvalue weighted by Crippen LogP contribution is -2.56. The van der Waals surface area contributed by atoms with Gasteiger partial charge in [0.15, 0.2) is 0 Å². The zero-order valence-corrected chi connectivity index (χ0v) is 19.3. The molecule has 1 saturated carbocycles. The molecule has 1 N–H and O–H groups in total. The topological polar surface area (TPSA) is 82.1 Å². The summed E-state index contributed by atoms with van der Waals surface area (Å²) >= 11 is 0. The maximum atomic E-state index is 12.0. The molecule has 170 valence electrons. The highest BCUT2D eigenvalue weighted by atomic mass is 16.6. The minimum atomic E-state index is -0.864. The lowest BCUT2D eigenvalue weighted by atomic mass is 9.57. The second kappa shape index (κ2) is 8.27. The van der Waals surface area contributed by atoms with Crippen LogP contribution in [0.3, 0.4) is 0 Å². The van der Waals surface area contributed by atoms with Crippen LogP contribution in [0.5, 0.6) is 0 Å². The van der Waals surface area contributed by atoms with Crippen LogP contribution >= 0.6 is 0 Å². The first-order valence-corrected chi connectivity index (χ1v) is 11.3. The van der Waals surface area contributed by atoms with Gasteiger partial charge in [-0.25, -0.2) is 0 Å². The Kier molecular flexibility index (Phi) is 6.41. The third-order valence-corrected chi connectivity index (χ3v) is 7.72. The molecule has 0 aromatic heterocycles. The number of fused-ring (bicyclic) bond motifs is 5. The highest BCUT2D eigenvalue weighted by molar-refractivity contribution is 5.67. The average molecular weight is 423 g/mol. The van der Waals surface area contributed by atoms with Gasteiger partial charge in [0.05, 0.1) is 12.2 Å². The molecule has 2 bridgehead atoms. The van der Waals surface area contributed by atoms with Crippen molar-refractivity contribution >= 4 is 11.9 Å². The van der Waals surface area contributed by atoms with Crippen molar-refractivity contribution in [1.29, 1.82) is 0 Å². The number of rotatable bonds is 3. The normalized spacial score (nSPS) is 43.9. The molecule has 0 amide bonds. The molecule has 30 heavy (non-hydrogen) atoms. The van der Waals surface area contributed by atoms with E-state index in [-0.39, 0.29) is 36.0 Å². The van der Waals surface area contributed by atoms with E-state index >= 15 is 0 Å². The fourth-order valence-corrected chi connectivity index (χ4v) is 6.46. The van der Waals surface area contributed by atoms with Crippen LogP contribution < -0.4 is 0 Å². The summed E-state index contributed by atoms with van der Waals surface area (Å²) in [5.74, 6) is 0.164. The summed E-state index contributed by atoms with van der Waals surface area (Å²) in [6.45, 7) is 15.4. The van der Waals surface area contributed by atoms with Gasteiger partial charge in [0.1, 0.15) is 17.3 Å². The fraction of sp³-hybridized carbons (Fsp3) is 0.833. The molecular formula is C24H38O6. The maximum Gasteiger partial charge on any atom is 0.303 e. The molecule has 3 aliphatic rings. The van der Waals surface area contributed by atoms with E-state index in [1.807, 2.05) is 13.8 Å². The summed E-state index contributed by atoms with van der Waals surface area (Å²) in [6.07, 6.45) is 1.92. The van der Waals surface area contributed by atoms with E-state index in [1.165, 1.54) is 13.8 Å². The Bertz CT molecular complexity index is 702. The molecule has 0 radical (unpaired) electrons. The van der Waals surface area contributed by atoms with Gasteiger partial charge in [-0.2, -0.15) is 0 Å². The van der Waals surface area contributed by atoms with Crippen molar-refractivity contribution in [2.45, 2.75) is 103 Å². The Morgan fingerprint density at radius 2 is 1.67 bits per heavy atom. The van der Waals surface area contributed by atoms with Gasteiger partial charge in [-0.1, -0.05) is 20.4 Å². The smallest absolute Gasteiger partial charge is 0.303 e. The lowest BCUT2D eigenvalue weighted by Gasteiger charge is -2.50. The Hall–Kier alpha value is -1.40. The van der Waals surface area contributed by atoms with Crippen LogP contribution in [0.4, 0.5) is 0 Å². The van der Waals surface area contributed by atoms with Crippen LogP contribution in [0.2, 0.25) is 0 Å². The third-order valence-electron chi connectivity index (χ3n) is 7.72. The molecule has 8 atom stereocenters. The van der Waals surface area contributed by atoms with Gasteiger partial charge in [-0.15, -0.1) is 0 Å². The molecule has 2 heterocycles. The molecule has 3 rings (SSSR count). The first-order valence-electron chi connectivity index (χ1n) is 11.3. The zero-order valence-electron chi connectivity index (χ0n) is 19.3. The number of hydrogen-bond donors (Lipinski definition) is 1. The van der Waals surface area contributed by atoms with E-state index in [1.54, 1.807) is 0 Å². The molecular weight excluding hydrogens is 384 g/mol. The molecule has 0 aromatic carbocycles. The fourth-order valence-electron chi connectivity index (χ4n) is 6.46. The minimum absolute atomic E-state index is 0.0514. The van der Waals surface area contributed by atoms with Crippen LogP contribution in [0.1, 0.15) is 73.6 Å². The van der Waals surface area contributed by atoms with Gasteiger partial charge in [-0.05, 0) is 63.4 Å². The Balaban J connectivity index is 2.12. The maximum absolute atomic E-state index is 12.0. The first-order chi connectivity index (χ1) is 13.9. The number of carbonyl (C=O) groups is 2. The van der Waals surface area contributed by atoms with Crippen molar-refractivity contribution in [3.05, 3.63) is 12.2 Å². The van der Waals surface area contributed by atoms with Crippen LogP contribution in [0, 0.1) is 23.7 Å². The molecule has 6 heteroatoms. The molecule has 2 saturated heterocycles. The number of esters is 2. The van der Waals surface area contributed by atoms with Crippen LogP contribution in [-0.2, 0) is 23.8 Å². The average Bonchev–Trinajstić information content (AvgIpc) is 3.00. The van der Waals surface area contributed by atoms with Crippen LogP contribution in [-0.4, -0.2) is 46.6 Å². The number of aliphatic hydroxyl groups excluding tert-OH is 1. The van der Waals surface area contributed by atoms with E-state index in [4.69, 9.17) is 14.2 Å². The van der Waals surface area contributed by atoms with Gasteiger partial charge < -0.3 is 19.3 Å². The van der Waals surface area contributed by atoms with E-state index in [2.05, 4.69) is 20.4 Å². The second-order valence-electron chi connectivity index (χ2n) is 10.4. The van der Waals surface area contributed by atoms with E-state index in [0.29, 0.717) is 31.1 Å². The predicted molar refractivity (Wildman–Crippen MR) is 113 cm³/mol. The quantitative estimate of drug-likeness (QED) is 0.550.